The van der Waals surface area contributed by atoms with E-state index in [-0.39, 0.29) is 11.7 Å². The molecule has 4 nitrogen and oxygen atoms in total. The molecule has 0 bridgehead atoms. The Bertz CT molecular complexity index is 346. The van der Waals surface area contributed by atoms with E-state index < -0.39 is 10.0 Å². The van der Waals surface area contributed by atoms with Gasteiger partial charge >= 0.3 is 0 Å². The molecule has 2 N–H and O–H groups in total. The molecule has 0 aromatic rings. The minimum atomic E-state index is -3.12. The molecule has 1 heterocycles. The highest BCUT2D eigenvalue weighted by atomic mass is 32.2. The van der Waals surface area contributed by atoms with Crippen molar-refractivity contribution in [2.45, 2.75) is 33.1 Å². The smallest absolute Gasteiger partial charge is 0.212 e. The van der Waals surface area contributed by atoms with Crippen LogP contribution in [0.15, 0.2) is 11.6 Å². The van der Waals surface area contributed by atoms with Gasteiger partial charge in [0.2, 0.25) is 10.0 Å². The molecule has 1 aliphatic rings. The predicted molar refractivity (Wildman–Crippen MR) is 71.4 cm³/mol. The maximum atomic E-state index is 11.8. The van der Waals surface area contributed by atoms with Crippen molar-refractivity contribution < 1.29 is 8.42 Å². The second-order valence-electron chi connectivity index (χ2n) is 4.60. The molecule has 5 heteroatoms. The van der Waals surface area contributed by atoms with Gasteiger partial charge in [-0.05, 0) is 18.9 Å². The molecule has 1 aliphatic heterocycles. The van der Waals surface area contributed by atoms with Crippen LogP contribution in [-0.2, 0) is 10.0 Å². The topological polar surface area (TPSA) is 58.2 Å². The summed E-state index contributed by atoms with van der Waals surface area (Å²) in [5, 5.41) is 3.21. The molecule has 0 aliphatic carbocycles. The number of rotatable bonds is 7. The Morgan fingerprint density at radius 2 is 2.12 bits per heavy atom. The lowest BCUT2D eigenvalue weighted by Gasteiger charge is -2.16. The molecule has 17 heavy (non-hydrogen) atoms. The highest BCUT2D eigenvalue weighted by Gasteiger charge is 2.16. The van der Waals surface area contributed by atoms with Crippen molar-refractivity contribution in [3.8, 4) is 0 Å². The third-order valence-corrected chi connectivity index (χ3v) is 4.78. The fourth-order valence-corrected chi connectivity index (χ4v) is 3.54. The Balaban J connectivity index is 2.41. The quantitative estimate of drug-likeness (QED) is 0.678. The average molecular weight is 260 g/mol. The first-order valence-corrected chi connectivity index (χ1v) is 8.08. The van der Waals surface area contributed by atoms with Gasteiger partial charge in [-0.3, -0.25) is 0 Å². The summed E-state index contributed by atoms with van der Waals surface area (Å²) in [7, 11) is -3.12. The summed E-state index contributed by atoms with van der Waals surface area (Å²) in [5.41, 5.74) is 1.19. The van der Waals surface area contributed by atoms with Crippen molar-refractivity contribution in [2.75, 3.05) is 25.4 Å². The van der Waals surface area contributed by atoms with Crippen molar-refractivity contribution in [3.63, 3.8) is 0 Å². The van der Waals surface area contributed by atoms with Crippen LogP contribution in [0.5, 0.6) is 0 Å². The fraction of sp³-hybridized carbons (Fsp3) is 0.833. The zero-order valence-corrected chi connectivity index (χ0v) is 11.6. The largest absolute Gasteiger partial charge is 0.313 e. The molecule has 0 saturated carbocycles. The lowest BCUT2D eigenvalue weighted by atomic mass is 10.1. The van der Waals surface area contributed by atoms with Crippen LogP contribution < -0.4 is 10.0 Å². The number of hydrogen-bond acceptors (Lipinski definition) is 3. The molecule has 0 spiro atoms. The van der Waals surface area contributed by atoms with E-state index in [4.69, 9.17) is 0 Å². The van der Waals surface area contributed by atoms with Gasteiger partial charge in [-0.25, -0.2) is 13.1 Å². The molecule has 0 saturated heterocycles. The van der Waals surface area contributed by atoms with Crippen LogP contribution in [0, 0.1) is 5.92 Å². The minimum Gasteiger partial charge on any atom is -0.313 e. The van der Waals surface area contributed by atoms with E-state index in [1.54, 1.807) is 0 Å². The van der Waals surface area contributed by atoms with E-state index in [0.717, 1.165) is 32.4 Å². The Morgan fingerprint density at radius 3 is 2.65 bits per heavy atom. The zero-order chi connectivity index (χ0) is 12.7. The highest BCUT2D eigenvalue weighted by Crippen LogP contribution is 2.10. The van der Waals surface area contributed by atoms with Gasteiger partial charge in [-0.2, -0.15) is 0 Å². The van der Waals surface area contributed by atoms with E-state index in [2.05, 4.69) is 16.1 Å². The Kier molecular flexibility index (Phi) is 6.16. The number of sulfonamides is 1. The molecule has 0 aromatic carbocycles. The van der Waals surface area contributed by atoms with Gasteiger partial charge in [-0.15, -0.1) is 0 Å². The van der Waals surface area contributed by atoms with Crippen LogP contribution in [-0.4, -0.2) is 33.8 Å². The predicted octanol–water partition coefficient (Wildman–Crippen LogP) is 1.26. The first-order valence-electron chi connectivity index (χ1n) is 6.43. The van der Waals surface area contributed by atoms with Crippen molar-refractivity contribution in [2.24, 2.45) is 5.92 Å². The van der Waals surface area contributed by atoms with Crippen molar-refractivity contribution >= 4 is 10.0 Å². The van der Waals surface area contributed by atoms with Crippen LogP contribution in [0.25, 0.3) is 0 Å². The molecule has 0 amide bonds. The summed E-state index contributed by atoms with van der Waals surface area (Å²) in [5.74, 6) is 0.528. The summed E-state index contributed by atoms with van der Waals surface area (Å²) in [4.78, 5) is 0. The number of hydrogen-bond donors (Lipinski definition) is 2. The fourth-order valence-electron chi connectivity index (χ4n) is 1.93. The van der Waals surface area contributed by atoms with Crippen LogP contribution in [0.2, 0.25) is 0 Å². The zero-order valence-electron chi connectivity index (χ0n) is 10.8. The van der Waals surface area contributed by atoms with Gasteiger partial charge in [0, 0.05) is 13.1 Å². The second-order valence-corrected chi connectivity index (χ2v) is 6.45. The van der Waals surface area contributed by atoms with Crippen LogP contribution >= 0.6 is 0 Å². The van der Waals surface area contributed by atoms with Crippen molar-refractivity contribution in [1.29, 1.82) is 0 Å². The van der Waals surface area contributed by atoms with E-state index in [9.17, 15) is 8.42 Å². The van der Waals surface area contributed by atoms with Gasteiger partial charge in [0.1, 0.15) is 0 Å². The molecule has 100 valence electrons. The highest BCUT2D eigenvalue weighted by molar-refractivity contribution is 7.89. The van der Waals surface area contributed by atoms with Crippen LogP contribution in [0.4, 0.5) is 0 Å². The summed E-state index contributed by atoms with van der Waals surface area (Å²) in [6.45, 7) is 6.35. The molecular formula is C12H24N2O2S. The lowest BCUT2D eigenvalue weighted by Crippen LogP contribution is -2.33. The molecule has 0 unspecified atom stereocenters. The van der Waals surface area contributed by atoms with Gasteiger partial charge in [0.05, 0.1) is 5.75 Å². The van der Waals surface area contributed by atoms with Gasteiger partial charge < -0.3 is 5.32 Å². The van der Waals surface area contributed by atoms with E-state index in [1.165, 1.54) is 5.57 Å². The lowest BCUT2D eigenvalue weighted by molar-refractivity contribution is 0.517. The van der Waals surface area contributed by atoms with Gasteiger partial charge in [0.15, 0.2) is 0 Å². The SMILES string of the molecule is CCC(CC)CS(=O)(=O)NCC1=CCNCC1. The molecule has 0 atom stereocenters. The standard InChI is InChI=1S/C12H24N2O2S/c1-3-11(4-2)10-17(15,16)14-9-12-5-7-13-8-6-12/h5,11,13-14H,3-4,6-10H2,1-2H3. The first kappa shape index (κ1) is 14.7. The summed E-state index contributed by atoms with van der Waals surface area (Å²) >= 11 is 0. The average Bonchev–Trinajstić information content (AvgIpc) is 2.35. The van der Waals surface area contributed by atoms with Crippen molar-refractivity contribution in [3.05, 3.63) is 11.6 Å². The molecule has 0 radical (unpaired) electrons. The Labute approximate surface area is 105 Å². The summed E-state index contributed by atoms with van der Waals surface area (Å²) in [6, 6.07) is 0. The van der Waals surface area contributed by atoms with Gasteiger partial charge in [-0.1, -0.05) is 38.3 Å². The summed E-state index contributed by atoms with van der Waals surface area (Å²) in [6.07, 6.45) is 4.85. The second kappa shape index (κ2) is 7.13. The molecule has 0 fully saturated rings. The van der Waals surface area contributed by atoms with E-state index >= 15 is 0 Å². The molecule has 1 rings (SSSR count). The summed E-state index contributed by atoms with van der Waals surface area (Å²) < 4.78 is 26.4. The Morgan fingerprint density at radius 1 is 1.41 bits per heavy atom. The third kappa shape index (κ3) is 5.66. The minimum absolute atomic E-state index is 0.255. The normalized spacial score (nSPS) is 17.2. The van der Waals surface area contributed by atoms with Crippen molar-refractivity contribution in [1.82, 2.24) is 10.0 Å². The molecular weight excluding hydrogens is 236 g/mol. The maximum Gasteiger partial charge on any atom is 0.212 e. The van der Waals surface area contributed by atoms with Crippen LogP contribution in [0.1, 0.15) is 33.1 Å². The van der Waals surface area contributed by atoms with Crippen LogP contribution in [0.3, 0.4) is 0 Å². The number of nitrogens with one attached hydrogen (secondary N) is 2. The van der Waals surface area contributed by atoms with E-state index in [0.29, 0.717) is 6.54 Å². The Hall–Kier alpha value is -0.390. The van der Waals surface area contributed by atoms with E-state index in [1.807, 2.05) is 13.8 Å². The van der Waals surface area contributed by atoms with Gasteiger partial charge in [0.25, 0.3) is 0 Å². The third-order valence-electron chi connectivity index (χ3n) is 3.29. The molecule has 0 aromatic heterocycles. The monoisotopic (exact) mass is 260 g/mol. The maximum absolute atomic E-state index is 11.8. The first-order chi connectivity index (χ1) is 8.07.